The van der Waals surface area contributed by atoms with Crippen LogP contribution in [0.2, 0.25) is 79.2 Å². The standard InChI is InChI=1S/4C16H28.C12H18.11C2H5.5Al.2Zn/c4*1-5-11(3)14-7-8-15-13(6-2)9-12(4)16(15)10-14;1-4-10-7-8-11(5-2)12(6-3)9-10;11*1-2;;;;;;;/h4*11-16H,3-10H2,1-2H3;4-6,10-12H,1-3,7-9H2;11*1H2,2H3;;;;;;;/q;;;-1;;;;;;;;;;3*-1;;;;;;2*+2. The molecular formula is C98H185Al5Zn2. The fourth-order valence-electron chi connectivity index (χ4n) is 27.5. The number of allylic oxidation sites excluding steroid dienone is 3. The zero-order valence-corrected chi connectivity index (χ0v) is 87.0. The van der Waals surface area contributed by atoms with Crippen LogP contribution in [0.4, 0.5) is 0 Å². The van der Waals surface area contributed by atoms with E-state index in [0.717, 1.165) is 142 Å². The zero-order valence-electron chi connectivity index (χ0n) is 75.3. The molecule has 0 aromatic carbocycles. The second-order valence-corrected chi connectivity index (χ2v) is 56.3. The van der Waals surface area contributed by atoms with Crippen molar-refractivity contribution in [2.24, 2.45) is 160 Å². The first-order chi connectivity index (χ1) is 50.1. The van der Waals surface area contributed by atoms with E-state index in [1.807, 2.05) is 0 Å². The topological polar surface area (TPSA) is 0 Å². The summed E-state index contributed by atoms with van der Waals surface area (Å²) in [7, 11) is 0. The van der Waals surface area contributed by atoms with Gasteiger partial charge in [0.05, 0.1) is 0 Å². The zero-order chi connectivity index (χ0) is 76.3. The molecule has 0 heterocycles. The number of hydrogen-bond donors (Lipinski definition) is 0. The van der Waals surface area contributed by atoms with Gasteiger partial charge in [0, 0.05) is 0 Å². The van der Waals surface area contributed by atoms with Crippen molar-refractivity contribution in [3.05, 3.63) is 65.7 Å². The molecule has 9 rings (SSSR count). The summed E-state index contributed by atoms with van der Waals surface area (Å²) in [5.74, 6) is 27.1. The second kappa shape index (κ2) is 58.1. The maximum absolute atomic E-state index is 4.79. The van der Waals surface area contributed by atoms with Gasteiger partial charge < -0.3 is 27.7 Å². The average molecular weight is 1630 g/mol. The Morgan fingerprint density at radius 2 is 0.562 bits per heavy atom. The predicted molar refractivity (Wildman–Crippen MR) is 480 cm³/mol. The number of hydrogen-bond acceptors (Lipinski definition) is 0. The van der Waals surface area contributed by atoms with Gasteiger partial charge in [0.2, 0.25) is 0 Å². The minimum absolute atomic E-state index is 0. The molecule has 0 aromatic rings. The van der Waals surface area contributed by atoms with Crippen molar-refractivity contribution in [3.8, 4) is 0 Å². The van der Waals surface area contributed by atoms with Gasteiger partial charge in [-0.25, -0.2) is 0 Å². The average Bonchev–Trinajstić information content (AvgIpc) is 1.68. The third-order valence-corrected chi connectivity index (χ3v) is 52.3. The first kappa shape index (κ1) is 104. The number of rotatable bonds is 37. The van der Waals surface area contributed by atoms with Crippen LogP contribution in [0.1, 0.15) is 305 Å². The first-order valence-electron chi connectivity index (χ1n) is 47.9. The molecule has 596 valence electrons. The third-order valence-electron chi connectivity index (χ3n) is 34.1. The summed E-state index contributed by atoms with van der Waals surface area (Å²) in [5.41, 5.74) is 0. The van der Waals surface area contributed by atoms with Crippen molar-refractivity contribution >= 4 is 70.7 Å². The van der Waals surface area contributed by atoms with Crippen molar-refractivity contribution in [1.29, 1.82) is 0 Å². The molecule has 7 heteroatoms. The van der Waals surface area contributed by atoms with Crippen LogP contribution >= 0.6 is 0 Å². The van der Waals surface area contributed by atoms with Gasteiger partial charge in [0.25, 0.3) is 70.7 Å². The van der Waals surface area contributed by atoms with E-state index in [-0.39, 0.29) is 53.1 Å². The second-order valence-electron chi connectivity index (χ2n) is 37.8. The van der Waals surface area contributed by atoms with Crippen molar-refractivity contribution < 1.29 is 39.0 Å². The summed E-state index contributed by atoms with van der Waals surface area (Å²) in [6.45, 7) is 72.2. The van der Waals surface area contributed by atoms with Gasteiger partial charge in [-0.1, -0.05) is 296 Å². The SMILES string of the molecule is C=CC1CCC(C=C)C(C=C)C1.C[CH2][Al]([CH2]C)[CH2]C.[CH2-]C.[CH2-]C.[CH2-]C.[CH2-]C1CC(CC)C2CCC(C(CC)[CH2][Al]([CH2]C)[CH2]C3CC(CC)C4CCC(C(CC)[CH2][Al]([CH2]C)[CH2]C5CC(CC)C6CCC(C(CC)[CH2][Al]([CH2]C)[CH2]C7CC(CC)C8CCC(C(CC)[CH2][Al]([CH2]C)[CH2]C)CC78)CC56)CC34)CC12.[Zn+2].[Zn+2]. The molecule has 0 aliphatic heterocycles. The molecule has 0 bridgehead atoms. The van der Waals surface area contributed by atoms with Gasteiger partial charge in [-0.05, 0) is 240 Å². The van der Waals surface area contributed by atoms with E-state index in [4.69, 9.17) is 6.92 Å². The molecule has 9 saturated carbocycles. The third kappa shape index (κ3) is 30.2. The quantitative estimate of drug-likeness (QED) is 0.0330. The maximum Gasteiger partial charge on any atom is 2.00 e. The fourth-order valence-corrected chi connectivity index (χ4v) is 43.5. The van der Waals surface area contributed by atoms with Gasteiger partial charge in [0.1, 0.15) is 0 Å². The Balaban J connectivity index is 0.00000119. The predicted octanol–water partition coefficient (Wildman–Crippen LogP) is 32.0. The Morgan fingerprint density at radius 3 is 0.819 bits per heavy atom. The molecule has 105 heavy (non-hydrogen) atoms. The van der Waals surface area contributed by atoms with E-state index in [1.54, 1.807) is 170 Å². The molecule has 0 aromatic heterocycles. The molecule has 0 radical (unpaired) electrons. The molecule has 0 amide bonds. The molecule has 9 aliphatic rings. The summed E-state index contributed by atoms with van der Waals surface area (Å²) in [5, 5.41) is 24.3. The molecule has 27 unspecified atom stereocenters. The molecule has 0 saturated heterocycles. The van der Waals surface area contributed by atoms with Crippen molar-refractivity contribution in [1.82, 2.24) is 0 Å². The van der Waals surface area contributed by atoms with Gasteiger partial charge in [0.15, 0.2) is 0 Å². The minimum Gasteiger partial charge on any atom is -0.346 e. The smallest absolute Gasteiger partial charge is 0.346 e. The molecule has 9 fully saturated rings. The van der Waals surface area contributed by atoms with Crippen molar-refractivity contribution in [2.75, 3.05) is 0 Å². The van der Waals surface area contributed by atoms with E-state index < -0.39 is 56.6 Å². The van der Waals surface area contributed by atoms with Crippen LogP contribution in [-0.4, -0.2) is 70.7 Å². The van der Waals surface area contributed by atoms with Crippen molar-refractivity contribution in [2.45, 2.75) is 384 Å². The van der Waals surface area contributed by atoms with Crippen LogP contribution in [0, 0.1) is 187 Å². The van der Waals surface area contributed by atoms with Crippen LogP contribution in [0.3, 0.4) is 0 Å². The monoisotopic (exact) mass is 1630 g/mol. The van der Waals surface area contributed by atoms with Crippen molar-refractivity contribution in [3.63, 3.8) is 0 Å². The Bertz CT molecular complexity index is 2140. The largest absolute Gasteiger partial charge is 2.00 e. The van der Waals surface area contributed by atoms with Crippen LogP contribution in [-0.2, 0) is 39.0 Å². The Labute approximate surface area is 712 Å². The Kier molecular flexibility index (Phi) is 57.6. The van der Waals surface area contributed by atoms with E-state index >= 15 is 0 Å². The Hall–Kier alpha value is 3.13. The van der Waals surface area contributed by atoms with E-state index in [1.165, 1.54) is 103 Å². The molecule has 0 spiro atoms. The van der Waals surface area contributed by atoms with Gasteiger partial charge in [-0.15, -0.1) is 19.7 Å². The summed E-state index contributed by atoms with van der Waals surface area (Å²) in [6.07, 6.45) is 47.3. The van der Waals surface area contributed by atoms with Gasteiger partial charge >= 0.3 is 39.0 Å². The fraction of sp³-hybridized carbons (Fsp3) is 0.898. The molecule has 0 N–H and O–H groups in total. The van der Waals surface area contributed by atoms with Crippen LogP contribution in [0.25, 0.3) is 0 Å². The maximum atomic E-state index is 4.79. The van der Waals surface area contributed by atoms with Crippen LogP contribution < -0.4 is 0 Å². The molecule has 0 nitrogen and oxygen atoms in total. The van der Waals surface area contributed by atoms with E-state index in [0.29, 0.717) is 17.8 Å². The van der Waals surface area contributed by atoms with Gasteiger partial charge in [-0.3, -0.25) is 0 Å². The molecule has 27 atom stereocenters. The van der Waals surface area contributed by atoms with Crippen LogP contribution in [0.15, 0.2) is 38.0 Å². The number of fused-ring (bicyclic) bond motifs is 4. The summed E-state index contributed by atoms with van der Waals surface area (Å²) in [4.78, 5) is 0. The van der Waals surface area contributed by atoms with Gasteiger partial charge in [-0.2, -0.15) is 26.7 Å². The first-order valence-corrected chi connectivity index (χ1v) is 60.2. The summed E-state index contributed by atoms with van der Waals surface area (Å²) >= 11 is -3.01. The molecule has 9 aliphatic carbocycles. The Morgan fingerprint density at radius 1 is 0.286 bits per heavy atom. The van der Waals surface area contributed by atoms with E-state index in [9.17, 15) is 0 Å². The minimum atomic E-state index is -0.794. The summed E-state index contributed by atoms with van der Waals surface area (Å²) in [6, 6.07) is 0. The van der Waals surface area contributed by atoms with E-state index in [2.05, 4.69) is 170 Å². The molecular weight excluding hydrogens is 1440 g/mol. The summed E-state index contributed by atoms with van der Waals surface area (Å²) < 4.78 is 0. The van der Waals surface area contributed by atoms with Crippen LogP contribution in [0.5, 0.6) is 0 Å². The normalized spacial score (nSPS) is 34.5.